The Labute approximate surface area is 154 Å². The van der Waals surface area contributed by atoms with Crippen LogP contribution in [0.3, 0.4) is 0 Å². The molecule has 3 atom stereocenters. The number of nitrogens with two attached hydrogens (primary N) is 1. The molecule has 0 aromatic heterocycles. The molecule has 1 aromatic rings. The first-order valence-electron chi connectivity index (χ1n) is 7.35. The molecular formula is C16H18Cl2F2N3O2+. The standard InChI is InChI=1S/C16H17Cl2F2N3O2/c1-8(14(25-3)10-5-4-9(17)6-12(10)18)23(2)7-11(16(21)24)13(22-23)15(19)20/h4-8,14-15H,1-3H3,(H-,21,24)/p+1. The van der Waals surface area contributed by atoms with E-state index in [1.807, 2.05) is 0 Å². The van der Waals surface area contributed by atoms with Crippen LogP contribution in [0.25, 0.3) is 0 Å². The van der Waals surface area contributed by atoms with Crippen molar-refractivity contribution in [2.24, 2.45) is 10.8 Å². The van der Waals surface area contributed by atoms with Gasteiger partial charge in [-0.05, 0) is 19.1 Å². The normalized spacial score (nSPS) is 22.6. The van der Waals surface area contributed by atoms with Crippen LogP contribution in [0.1, 0.15) is 18.6 Å². The second-order valence-corrected chi connectivity index (χ2v) is 6.70. The van der Waals surface area contributed by atoms with Crippen LogP contribution in [-0.4, -0.2) is 42.8 Å². The number of halogens is 4. The highest BCUT2D eigenvalue weighted by Crippen LogP contribution is 2.37. The van der Waals surface area contributed by atoms with Gasteiger partial charge in [0.2, 0.25) is 0 Å². The van der Waals surface area contributed by atoms with E-state index in [0.717, 1.165) is 0 Å². The van der Waals surface area contributed by atoms with E-state index < -0.39 is 30.2 Å². The van der Waals surface area contributed by atoms with Crippen LogP contribution >= 0.6 is 23.2 Å². The van der Waals surface area contributed by atoms with Gasteiger partial charge in [-0.2, -0.15) is 4.59 Å². The summed E-state index contributed by atoms with van der Waals surface area (Å²) in [6.45, 7) is 1.76. The van der Waals surface area contributed by atoms with E-state index in [0.29, 0.717) is 15.6 Å². The van der Waals surface area contributed by atoms with Crippen molar-refractivity contribution in [2.45, 2.75) is 25.5 Å². The summed E-state index contributed by atoms with van der Waals surface area (Å²) in [6, 6.07) is 4.45. The Morgan fingerprint density at radius 2 is 2.00 bits per heavy atom. The van der Waals surface area contributed by atoms with Gasteiger partial charge in [0.25, 0.3) is 12.3 Å². The predicted octanol–water partition coefficient (Wildman–Crippen LogP) is 3.52. The molecule has 136 valence electrons. The Hall–Kier alpha value is -1.54. The molecule has 0 radical (unpaired) electrons. The fraction of sp³-hybridized carbons (Fsp3) is 0.375. The number of methoxy groups -OCH3 is 1. The van der Waals surface area contributed by atoms with Gasteiger partial charge in [-0.25, -0.2) is 8.78 Å². The van der Waals surface area contributed by atoms with Crippen LogP contribution in [0.5, 0.6) is 0 Å². The maximum Gasteiger partial charge on any atom is 0.286 e. The molecule has 1 aromatic carbocycles. The lowest BCUT2D eigenvalue weighted by atomic mass is 10.0. The summed E-state index contributed by atoms with van der Waals surface area (Å²) < 4.78 is 31.6. The summed E-state index contributed by atoms with van der Waals surface area (Å²) in [6.07, 6.45) is -2.18. The van der Waals surface area contributed by atoms with Gasteiger partial charge in [-0.1, -0.05) is 34.4 Å². The van der Waals surface area contributed by atoms with E-state index in [-0.39, 0.29) is 10.2 Å². The summed E-state index contributed by atoms with van der Waals surface area (Å²) in [7, 11) is 3.06. The number of hydrogen-bond donors (Lipinski definition) is 1. The second-order valence-electron chi connectivity index (χ2n) is 5.85. The van der Waals surface area contributed by atoms with Crippen LogP contribution in [0.4, 0.5) is 8.78 Å². The molecule has 0 fully saturated rings. The molecule has 0 bridgehead atoms. The average Bonchev–Trinajstić information content (AvgIpc) is 2.90. The Kier molecular flexibility index (Phi) is 5.83. The van der Waals surface area contributed by atoms with Crippen LogP contribution in [0.2, 0.25) is 10.0 Å². The maximum absolute atomic E-state index is 13.2. The maximum atomic E-state index is 13.2. The summed E-state index contributed by atoms with van der Waals surface area (Å²) >= 11 is 12.2. The van der Waals surface area contributed by atoms with E-state index in [1.54, 1.807) is 32.2 Å². The predicted molar refractivity (Wildman–Crippen MR) is 92.6 cm³/mol. The summed E-state index contributed by atoms with van der Waals surface area (Å²) in [5.41, 5.74) is 4.93. The molecule has 0 aliphatic carbocycles. The summed E-state index contributed by atoms with van der Waals surface area (Å²) in [4.78, 5) is 11.5. The van der Waals surface area contributed by atoms with E-state index in [9.17, 15) is 13.6 Å². The van der Waals surface area contributed by atoms with Crippen molar-refractivity contribution in [1.29, 1.82) is 0 Å². The van der Waals surface area contributed by atoms with Gasteiger partial charge < -0.3 is 10.5 Å². The third-order valence-electron chi connectivity index (χ3n) is 4.25. The molecule has 9 heteroatoms. The van der Waals surface area contributed by atoms with Gasteiger partial charge in [0, 0.05) is 22.7 Å². The van der Waals surface area contributed by atoms with Gasteiger partial charge in [-0.15, -0.1) is 0 Å². The number of amides is 1. The summed E-state index contributed by atoms with van der Waals surface area (Å²) in [5, 5.41) is 4.87. The minimum atomic E-state index is -2.91. The number of nitrogens with zero attached hydrogens (tertiary/aromatic N) is 2. The topological polar surface area (TPSA) is 64.7 Å². The third-order valence-corrected chi connectivity index (χ3v) is 4.81. The van der Waals surface area contributed by atoms with Crippen molar-refractivity contribution in [3.63, 3.8) is 0 Å². The van der Waals surface area contributed by atoms with Crippen molar-refractivity contribution in [3.05, 3.63) is 45.6 Å². The molecule has 3 unspecified atom stereocenters. The molecule has 2 rings (SSSR count). The number of ether oxygens (including phenoxy) is 1. The summed E-state index contributed by atoms with van der Waals surface area (Å²) in [5.74, 6) is -0.952. The molecule has 25 heavy (non-hydrogen) atoms. The number of carbonyl (C=O) groups is 1. The molecular weight excluding hydrogens is 375 g/mol. The lowest BCUT2D eigenvalue weighted by molar-refractivity contribution is -0.892. The number of rotatable bonds is 6. The average molecular weight is 393 g/mol. The Balaban J connectivity index is 2.46. The highest BCUT2D eigenvalue weighted by Gasteiger charge is 2.45. The molecule has 0 saturated heterocycles. The van der Waals surface area contributed by atoms with E-state index in [1.165, 1.54) is 13.3 Å². The highest BCUT2D eigenvalue weighted by molar-refractivity contribution is 6.35. The molecule has 1 amide bonds. The number of quaternary nitrogens is 1. The number of likely N-dealkylation sites (N-methyl/N-ethyl adjacent to an activating group) is 1. The van der Waals surface area contributed by atoms with Crippen molar-refractivity contribution in [1.82, 2.24) is 0 Å². The van der Waals surface area contributed by atoms with Gasteiger partial charge >= 0.3 is 0 Å². The van der Waals surface area contributed by atoms with Crippen molar-refractivity contribution >= 4 is 34.8 Å². The zero-order valence-corrected chi connectivity index (χ0v) is 15.4. The molecule has 0 spiro atoms. The van der Waals surface area contributed by atoms with Crippen LogP contribution in [0, 0.1) is 0 Å². The number of alkyl halides is 2. The second kappa shape index (κ2) is 7.37. The quantitative estimate of drug-likeness (QED) is 0.752. The highest BCUT2D eigenvalue weighted by atomic mass is 35.5. The Morgan fingerprint density at radius 1 is 1.36 bits per heavy atom. The number of primary amides is 1. The minimum absolute atomic E-state index is 0.290. The van der Waals surface area contributed by atoms with Gasteiger partial charge in [0.15, 0.2) is 5.71 Å². The SMILES string of the molecule is COC(c1ccc(Cl)cc1Cl)C(C)[N+]1(C)C=C(C(N)=O)C(C(F)F)=N1. The van der Waals surface area contributed by atoms with Gasteiger partial charge in [-0.3, -0.25) is 4.79 Å². The molecule has 1 aliphatic heterocycles. The lowest BCUT2D eigenvalue weighted by Gasteiger charge is -2.33. The van der Waals surface area contributed by atoms with E-state index >= 15 is 0 Å². The first-order valence-corrected chi connectivity index (χ1v) is 8.11. The van der Waals surface area contributed by atoms with E-state index in [2.05, 4.69) is 5.10 Å². The van der Waals surface area contributed by atoms with Crippen LogP contribution in [-0.2, 0) is 9.53 Å². The smallest absolute Gasteiger partial charge is 0.286 e. The van der Waals surface area contributed by atoms with Gasteiger partial charge in [0.05, 0.1) is 7.05 Å². The molecule has 2 N–H and O–H groups in total. The number of carbonyl (C=O) groups excluding carboxylic acids is 1. The fourth-order valence-electron chi connectivity index (χ4n) is 2.79. The third kappa shape index (κ3) is 3.84. The van der Waals surface area contributed by atoms with Gasteiger partial charge in [0.1, 0.15) is 23.9 Å². The molecule has 5 nitrogen and oxygen atoms in total. The fourth-order valence-corrected chi connectivity index (χ4v) is 3.31. The number of hydrogen-bond acceptors (Lipinski definition) is 3. The van der Waals surface area contributed by atoms with Crippen molar-refractivity contribution in [2.75, 3.05) is 14.2 Å². The largest absolute Gasteiger partial charge is 0.370 e. The van der Waals surface area contributed by atoms with Crippen molar-refractivity contribution in [3.8, 4) is 0 Å². The first kappa shape index (κ1) is 19.8. The number of benzene rings is 1. The zero-order chi connectivity index (χ0) is 18.9. The monoisotopic (exact) mass is 392 g/mol. The zero-order valence-electron chi connectivity index (χ0n) is 13.8. The van der Waals surface area contributed by atoms with E-state index in [4.69, 9.17) is 33.7 Å². The van der Waals surface area contributed by atoms with Crippen molar-refractivity contribution < 1.29 is 22.9 Å². The molecule has 1 aliphatic rings. The molecule has 0 saturated carbocycles. The first-order chi connectivity index (χ1) is 11.6. The Morgan fingerprint density at radius 3 is 2.44 bits per heavy atom. The molecule has 1 heterocycles. The van der Waals surface area contributed by atoms with Crippen LogP contribution in [0.15, 0.2) is 35.1 Å². The lowest BCUT2D eigenvalue weighted by Crippen LogP contribution is -2.44. The minimum Gasteiger partial charge on any atom is -0.370 e. The van der Waals surface area contributed by atoms with Crippen LogP contribution < -0.4 is 5.73 Å². The Bertz CT molecular complexity index is 755.